The van der Waals surface area contributed by atoms with Gasteiger partial charge in [0.1, 0.15) is 122 Å². The molecular formula is C36H61N3O29S. The average molecular weight is 1030 g/mol. The lowest BCUT2D eigenvalue weighted by atomic mass is 9.93. The van der Waals surface area contributed by atoms with E-state index in [2.05, 4.69) is 20.1 Å². The van der Waals surface area contributed by atoms with Crippen molar-refractivity contribution in [2.45, 2.75) is 174 Å². The highest BCUT2D eigenvalue weighted by Gasteiger charge is 2.56. The summed E-state index contributed by atoms with van der Waals surface area (Å²) in [5, 5.41) is 146. The molecule has 5 heterocycles. The minimum atomic E-state index is -5.09. The fourth-order valence-electron chi connectivity index (χ4n) is 8.28. The Balaban J connectivity index is 1.37. The fraction of sp³-hybridized carbons (Fsp3) is 0.917. The number of nitrogens with one attached hydrogen (secondary N) is 3. The predicted octanol–water partition coefficient (Wildman–Crippen LogP) is -11.7. The first kappa shape index (κ1) is 57.3. The van der Waals surface area contributed by atoms with E-state index >= 15 is 0 Å². The lowest BCUT2D eigenvalue weighted by Gasteiger charge is -2.50. The Morgan fingerprint density at radius 1 is 0.449 bits per heavy atom. The molecule has 5 fully saturated rings. The molecule has 0 aromatic heterocycles. The van der Waals surface area contributed by atoms with E-state index in [1.54, 1.807) is 0 Å². The molecule has 5 aliphatic heterocycles. The largest absolute Gasteiger partial charge is 0.397 e. The van der Waals surface area contributed by atoms with Crippen LogP contribution in [0.4, 0.5) is 0 Å². The van der Waals surface area contributed by atoms with Crippen molar-refractivity contribution in [1.82, 2.24) is 16.0 Å². The molecule has 0 bridgehead atoms. The Kier molecular flexibility index (Phi) is 20.3. The maximum Gasteiger partial charge on any atom is 0.397 e. The minimum Gasteiger partial charge on any atom is -0.394 e. The van der Waals surface area contributed by atoms with Crippen molar-refractivity contribution in [2.75, 3.05) is 33.0 Å². The van der Waals surface area contributed by atoms with Crippen LogP contribution in [0.15, 0.2) is 0 Å². The van der Waals surface area contributed by atoms with E-state index in [9.17, 15) is 89.2 Å². The molecule has 5 aliphatic rings. The van der Waals surface area contributed by atoms with Gasteiger partial charge in [0, 0.05) is 20.8 Å². The van der Waals surface area contributed by atoms with E-state index in [0.29, 0.717) is 0 Å². The van der Waals surface area contributed by atoms with Crippen LogP contribution in [0.3, 0.4) is 0 Å². The summed E-state index contributed by atoms with van der Waals surface area (Å²) < 4.78 is 86.8. The van der Waals surface area contributed by atoms with Gasteiger partial charge < -0.3 is 125 Å². The molecule has 3 amide bonds. The Morgan fingerprint density at radius 3 is 1.39 bits per heavy atom. The van der Waals surface area contributed by atoms with Crippen molar-refractivity contribution in [3.05, 3.63) is 0 Å². The van der Waals surface area contributed by atoms with Crippen LogP contribution in [0.1, 0.15) is 20.8 Å². The van der Waals surface area contributed by atoms with Crippen molar-refractivity contribution in [1.29, 1.82) is 0 Å². The Morgan fingerprint density at radius 2 is 0.855 bits per heavy atom. The Hall–Kier alpha value is -2.60. The molecule has 0 saturated carbocycles. The van der Waals surface area contributed by atoms with E-state index in [0.717, 1.165) is 20.8 Å². The van der Waals surface area contributed by atoms with E-state index in [1.807, 2.05) is 0 Å². The van der Waals surface area contributed by atoms with E-state index < -0.39 is 214 Å². The van der Waals surface area contributed by atoms with Crippen LogP contribution in [-0.4, -0.2) is 283 Å². The summed E-state index contributed by atoms with van der Waals surface area (Å²) in [5.41, 5.74) is 0. The molecule has 0 aliphatic carbocycles. The van der Waals surface area contributed by atoms with Crippen LogP contribution < -0.4 is 16.0 Å². The van der Waals surface area contributed by atoms with Gasteiger partial charge in [0.2, 0.25) is 17.7 Å². The van der Waals surface area contributed by atoms with Crippen LogP contribution >= 0.6 is 0 Å². The second-order valence-electron chi connectivity index (χ2n) is 16.7. The molecular weight excluding hydrogens is 970 g/mol. The zero-order valence-corrected chi connectivity index (χ0v) is 37.6. The molecule has 17 N–H and O–H groups in total. The number of amides is 3. The monoisotopic (exact) mass is 1030 g/mol. The highest BCUT2D eigenvalue weighted by molar-refractivity contribution is 7.80. The molecule has 25 atom stereocenters. The second-order valence-corrected chi connectivity index (χ2v) is 17.8. The van der Waals surface area contributed by atoms with Crippen LogP contribution in [0.25, 0.3) is 0 Å². The third-order valence-electron chi connectivity index (χ3n) is 11.7. The number of carbonyl (C=O) groups excluding carboxylic acids is 3. The summed E-state index contributed by atoms with van der Waals surface area (Å²) in [4.78, 5) is 37.3. The third kappa shape index (κ3) is 13.7. The molecule has 0 spiro atoms. The van der Waals surface area contributed by atoms with Crippen molar-refractivity contribution in [3.8, 4) is 0 Å². The van der Waals surface area contributed by atoms with Crippen molar-refractivity contribution < 1.29 is 141 Å². The van der Waals surface area contributed by atoms with Gasteiger partial charge in [0.15, 0.2) is 31.5 Å². The van der Waals surface area contributed by atoms with Gasteiger partial charge in [-0.15, -0.1) is 0 Å². The number of ether oxygens (including phenoxy) is 9. The predicted molar refractivity (Wildman–Crippen MR) is 212 cm³/mol. The molecule has 33 heteroatoms. The van der Waals surface area contributed by atoms with Gasteiger partial charge in [-0.3, -0.25) is 18.9 Å². The number of aliphatic hydroxyl groups excluding tert-OH is 13. The highest BCUT2D eigenvalue weighted by Crippen LogP contribution is 2.34. The van der Waals surface area contributed by atoms with E-state index in [-0.39, 0.29) is 0 Å². The zero-order valence-electron chi connectivity index (χ0n) is 36.8. The van der Waals surface area contributed by atoms with Gasteiger partial charge in [-0.05, 0) is 0 Å². The number of rotatable bonds is 18. The SMILES string of the molecule is CC(=O)N[C@H]1[C@H](OC[C@H]2OC(O)[C@H](NC(C)=O)[C@@H](O[C@@H]3O[C@H](CO)[C@@H](O)[C@H](O[C@@H]4O[C@H](CO)[C@H](O)[C@H](O)[C@H]4O)[C@H]3NC(C)=O)[C@H]2O)O[C@H](CO)[C@@H](O[C@@H]2O[C@H](COS(=O)(=O)O)[C@H](O)[C@H](O)[C@H]2O)[C@@H]1O. The minimum absolute atomic E-state index is 0.804. The zero-order chi connectivity index (χ0) is 51.4. The lowest BCUT2D eigenvalue weighted by molar-refractivity contribution is -0.360. The molecule has 400 valence electrons. The summed E-state index contributed by atoms with van der Waals surface area (Å²) in [6, 6.07) is -5.06. The Labute approximate surface area is 391 Å². The number of hydrogen-bond donors (Lipinski definition) is 17. The quantitative estimate of drug-likeness (QED) is 0.0567. The van der Waals surface area contributed by atoms with Crippen molar-refractivity contribution in [2.24, 2.45) is 0 Å². The first-order valence-electron chi connectivity index (χ1n) is 21.2. The maximum atomic E-state index is 12.6. The number of aliphatic hydroxyl groups is 13. The van der Waals surface area contributed by atoms with E-state index in [4.69, 9.17) is 47.2 Å². The summed E-state index contributed by atoms with van der Waals surface area (Å²) in [7, 11) is -5.09. The molecule has 0 radical (unpaired) electrons. The van der Waals surface area contributed by atoms with E-state index in [1.165, 1.54) is 0 Å². The summed E-state index contributed by atoms with van der Waals surface area (Å²) in [6.45, 7) is -1.74. The summed E-state index contributed by atoms with van der Waals surface area (Å²) in [6.07, 6.45) is -41.4. The maximum absolute atomic E-state index is 12.6. The Bertz CT molecular complexity index is 1810. The van der Waals surface area contributed by atoms with Gasteiger partial charge >= 0.3 is 10.4 Å². The molecule has 5 saturated heterocycles. The number of carbonyl (C=O) groups is 3. The summed E-state index contributed by atoms with van der Waals surface area (Å²) >= 11 is 0. The molecule has 5 rings (SSSR count). The van der Waals surface area contributed by atoms with Gasteiger partial charge in [0.25, 0.3) is 0 Å². The topological polar surface area (TPSA) is 497 Å². The van der Waals surface area contributed by atoms with Gasteiger partial charge in [-0.1, -0.05) is 0 Å². The fourth-order valence-corrected chi connectivity index (χ4v) is 8.58. The van der Waals surface area contributed by atoms with Crippen LogP contribution in [0.5, 0.6) is 0 Å². The molecule has 0 aromatic carbocycles. The van der Waals surface area contributed by atoms with Crippen molar-refractivity contribution in [3.63, 3.8) is 0 Å². The normalized spacial score (nSPS) is 45.3. The number of hydrogen-bond acceptors (Lipinski definition) is 28. The van der Waals surface area contributed by atoms with Crippen LogP contribution in [-0.2, 0) is 71.6 Å². The highest BCUT2D eigenvalue weighted by atomic mass is 32.3. The van der Waals surface area contributed by atoms with Crippen LogP contribution in [0.2, 0.25) is 0 Å². The standard InChI is InChI=1S/C36H61N3O29S/c1-9(43)37-17-24(50)29(66-36-28(54)26(52)21(47)16(65-36)8-60-69(56,57)58)14(6-42)64-33(17)59-7-15-23(49)30(18(32(55)61-15)38-10(2)44)67-34-19(39-11(3)45)31(22(48)13(5-41)62-34)68-35-27(53)25(51)20(46)12(4-40)63-35/h12-36,40-42,46-55H,4-8H2,1-3H3,(H,37,43)(H,38,44)(H,39,45)(H,56,57,58)/t12-,13-,14-,15-,16-,17-,18-,19-,20+,21+,22-,23+,24-,25+,26+,27-,28-,29-,30-,31-,32?,33-,34+,35+,36+/m1/s1. The average Bonchev–Trinajstić information content (AvgIpc) is 3.27. The van der Waals surface area contributed by atoms with Gasteiger partial charge in [-0.25, -0.2) is 4.18 Å². The van der Waals surface area contributed by atoms with Crippen LogP contribution in [0, 0.1) is 0 Å². The second kappa shape index (κ2) is 24.4. The molecule has 32 nitrogen and oxygen atoms in total. The molecule has 69 heavy (non-hydrogen) atoms. The lowest BCUT2D eigenvalue weighted by Crippen LogP contribution is -2.71. The molecule has 1 unspecified atom stereocenters. The third-order valence-corrected chi connectivity index (χ3v) is 12.1. The van der Waals surface area contributed by atoms with Gasteiger partial charge in [0.05, 0.1) is 33.0 Å². The van der Waals surface area contributed by atoms with Gasteiger partial charge in [-0.2, -0.15) is 8.42 Å². The first-order chi connectivity index (χ1) is 32.3. The van der Waals surface area contributed by atoms with Crippen molar-refractivity contribution >= 4 is 28.1 Å². The smallest absolute Gasteiger partial charge is 0.394 e. The summed E-state index contributed by atoms with van der Waals surface area (Å²) in [5.74, 6) is -2.44. The first-order valence-corrected chi connectivity index (χ1v) is 22.6. The molecule has 0 aromatic rings.